The molecule has 0 atom stereocenters. The van der Waals surface area contributed by atoms with Crippen LogP contribution in [0.1, 0.15) is 262 Å². The van der Waals surface area contributed by atoms with Crippen LogP contribution in [0, 0.1) is 21.7 Å². The molecule has 0 aliphatic carbocycles. The molecule has 0 saturated heterocycles. The molecule has 0 fully saturated rings. The number of hydrogen-bond acceptors (Lipinski definition) is 7. The fraction of sp³-hybridized carbons (Fsp3) is 0.877. The molecule has 7 nitrogen and oxygen atoms in total. The van der Waals surface area contributed by atoms with E-state index in [1.54, 1.807) is 0 Å². The summed E-state index contributed by atoms with van der Waals surface area (Å²) >= 11 is 0. The van der Waals surface area contributed by atoms with E-state index in [2.05, 4.69) is 86.3 Å². The van der Waals surface area contributed by atoms with Crippen molar-refractivity contribution in [2.24, 2.45) is 21.7 Å². The number of hydrogen-bond donors (Lipinski definition) is 0. The van der Waals surface area contributed by atoms with Gasteiger partial charge in [-0.1, -0.05) is 171 Å². The Hall–Kier alpha value is -2.15. The summed E-state index contributed by atoms with van der Waals surface area (Å²) in [4.78, 5) is 40.0. The molecule has 0 aliphatic rings. The van der Waals surface area contributed by atoms with Crippen molar-refractivity contribution in [3.8, 4) is 0 Å². The normalized spacial score (nSPS) is 13.3. The van der Waals surface area contributed by atoms with Crippen LogP contribution in [0.15, 0.2) is 24.3 Å². The average Bonchev–Trinajstić information content (AvgIpc) is 3.19. The van der Waals surface area contributed by atoms with Crippen molar-refractivity contribution in [2.75, 3.05) is 33.9 Å². The molecule has 0 aliphatic heterocycles. The number of allylic oxidation sites excluding steroid dienone is 2. The predicted octanol–water partition coefficient (Wildman–Crippen LogP) is 16.5. The highest BCUT2D eigenvalue weighted by molar-refractivity contribution is 5.70. The Morgan fingerprint density at radius 2 is 0.828 bits per heavy atom. The Balaban J connectivity index is 4.88. The van der Waals surface area contributed by atoms with E-state index >= 15 is 0 Å². The highest BCUT2D eigenvalue weighted by Gasteiger charge is 2.32. The van der Waals surface area contributed by atoms with E-state index in [4.69, 9.17) is 14.2 Å². The molecular weight excluding hydrogens is 795 g/mol. The number of esters is 3. The first kappa shape index (κ1) is 61.9. The topological polar surface area (TPSA) is 82.1 Å². The summed E-state index contributed by atoms with van der Waals surface area (Å²) in [5, 5.41) is 0. The van der Waals surface area contributed by atoms with Crippen LogP contribution in [0.2, 0.25) is 0 Å². The van der Waals surface area contributed by atoms with E-state index in [-0.39, 0.29) is 45.7 Å². The fourth-order valence-electron chi connectivity index (χ4n) is 9.72. The molecule has 0 heterocycles. The van der Waals surface area contributed by atoms with E-state index in [9.17, 15) is 14.4 Å². The van der Waals surface area contributed by atoms with Gasteiger partial charge in [-0.3, -0.25) is 14.4 Å². The summed E-state index contributed by atoms with van der Waals surface area (Å²) in [5.74, 6) is -0.264. The number of rotatable bonds is 43. The molecule has 0 amide bonds. The minimum Gasteiger partial charge on any atom is -0.462 e. The van der Waals surface area contributed by atoms with Gasteiger partial charge >= 0.3 is 17.9 Å². The first-order valence-corrected chi connectivity index (χ1v) is 26.7. The number of unbranched alkanes of at least 4 members (excludes halogenated alkanes) is 14. The Kier molecular flexibility index (Phi) is 35.7. The highest BCUT2D eigenvalue weighted by atomic mass is 16.5. The third-order valence-corrected chi connectivity index (χ3v) is 12.9. The van der Waals surface area contributed by atoms with Crippen molar-refractivity contribution in [1.29, 1.82) is 0 Å². The van der Waals surface area contributed by atoms with Crippen LogP contribution in [-0.2, 0) is 28.6 Å². The summed E-state index contributed by atoms with van der Waals surface area (Å²) in [6.07, 6.45) is 39.9. The van der Waals surface area contributed by atoms with Crippen LogP contribution in [0.3, 0.4) is 0 Å². The molecular formula is C57H107NO6. The number of nitrogens with zero attached hydrogens (tertiary/aromatic N) is 1. The van der Waals surface area contributed by atoms with E-state index < -0.39 is 0 Å². The maximum atomic E-state index is 13.1. The quantitative estimate of drug-likeness (QED) is 0.0261. The van der Waals surface area contributed by atoms with Gasteiger partial charge in [-0.05, 0) is 139 Å². The van der Waals surface area contributed by atoms with Crippen LogP contribution in [0.25, 0.3) is 0 Å². The smallest absolute Gasteiger partial charge is 0.306 e. The molecule has 64 heavy (non-hydrogen) atoms. The van der Waals surface area contributed by atoms with Crippen LogP contribution in [-0.4, -0.2) is 62.8 Å². The van der Waals surface area contributed by atoms with E-state index in [0.29, 0.717) is 32.5 Å². The molecule has 0 spiro atoms. The first-order chi connectivity index (χ1) is 30.2. The van der Waals surface area contributed by atoms with Gasteiger partial charge in [-0.2, -0.15) is 0 Å². The van der Waals surface area contributed by atoms with Gasteiger partial charge in [0.2, 0.25) is 0 Å². The molecule has 0 aromatic carbocycles. The zero-order valence-electron chi connectivity index (χ0n) is 44.6. The minimum absolute atomic E-state index is 0.0754. The van der Waals surface area contributed by atoms with Crippen molar-refractivity contribution >= 4 is 17.9 Å². The second-order valence-corrected chi connectivity index (χ2v) is 22.9. The summed E-state index contributed by atoms with van der Waals surface area (Å²) in [6.45, 7) is 25.0. The van der Waals surface area contributed by atoms with Gasteiger partial charge in [0.1, 0.15) is 19.3 Å². The van der Waals surface area contributed by atoms with Gasteiger partial charge in [0.15, 0.2) is 0 Å². The van der Waals surface area contributed by atoms with Crippen molar-refractivity contribution in [1.82, 2.24) is 4.90 Å². The summed E-state index contributed by atoms with van der Waals surface area (Å²) < 4.78 is 17.2. The maximum Gasteiger partial charge on any atom is 0.306 e. The largest absolute Gasteiger partial charge is 0.462 e. The lowest BCUT2D eigenvalue weighted by atomic mass is 9.69. The van der Waals surface area contributed by atoms with Crippen LogP contribution < -0.4 is 0 Å². The summed E-state index contributed by atoms with van der Waals surface area (Å²) in [5.41, 5.74) is 0.466. The molecule has 0 bridgehead atoms. The third kappa shape index (κ3) is 40.2. The van der Waals surface area contributed by atoms with Crippen molar-refractivity contribution in [2.45, 2.75) is 268 Å². The molecule has 0 aromatic heterocycles. The minimum atomic E-state index is -0.0944. The number of carbonyl (C=O) groups is 3. The standard InChI is InChI=1S/C57H107NO6/c1-13-15-17-19-21-23-25-27-33-46-62-51(59)36-29-31-41-54(3,4)48-56(7,8)43-39-50(64-53(61)38-35-45-58(11)12)40-44-57(9,10)49-55(5,6)42-32-30-37-52(60)63-47-34-28-26-24-22-20-18-16-14-2/h27-28,33-34,50H,13-26,29-32,35-49H2,1-12H3. The van der Waals surface area contributed by atoms with Gasteiger partial charge in [-0.25, -0.2) is 0 Å². The van der Waals surface area contributed by atoms with E-state index in [0.717, 1.165) is 103 Å². The Morgan fingerprint density at radius 1 is 0.453 bits per heavy atom. The Morgan fingerprint density at radius 3 is 1.23 bits per heavy atom. The molecule has 0 aromatic rings. The predicted molar refractivity (Wildman–Crippen MR) is 274 cm³/mol. The summed E-state index contributed by atoms with van der Waals surface area (Å²) in [7, 11) is 4.08. The van der Waals surface area contributed by atoms with Gasteiger partial charge in [0.25, 0.3) is 0 Å². The first-order valence-electron chi connectivity index (χ1n) is 26.7. The number of ether oxygens (including phenoxy) is 3. The van der Waals surface area contributed by atoms with Gasteiger partial charge in [-0.15, -0.1) is 0 Å². The highest BCUT2D eigenvalue weighted by Crippen LogP contribution is 2.43. The molecule has 0 N–H and O–H groups in total. The third-order valence-electron chi connectivity index (χ3n) is 12.9. The van der Waals surface area contributed by atoms with Crippen LogP contribution >= 0.6 is 0 Å². The number of carbonyl (C=O) groups excluding carboxylic acids is 3. The molecule has 7 heteroatoms. The van der Waals surface area contributed by atoms with Gasteiger partial charge in [0, 0.05) is 19.3 Å². The van der Waals surface area contributed by atoms with Crippen molar-refractivity contribution in [3.05, 3.63) is 24.3 Å². The van der Waals surface area contributed by atoms with Crippen molar-refractivity contribution in [3.63, 3.8) is 0 Å². The zero-order chi connectivity index (χ0) is 48.2. The van der Waals surface area contributed by atoms with Gasteiger partial charge < -0.3 is 19.1 Å². The van der Waals surface area contributed by atoms with Crippen molar-refractivity contribution < 1.29 is 28.6 Å². The molecule has 0 radical (unpaired) electrons. The summed E-state index contributed by atoms with van der Waals surface area (Å²) in [6, 6.07) is 0. The lowest BCUT2D eigenvalue weighted by Crippen LogP contribution is -2.28. The van der Waals surface area contributed by atoms with Crippen LogP contribution in [0.5, 0.6) is 0 Å². The Labute approximate surface area is 397 Å². The fourth-order valence-corrected chi connectivity index (χ4v) is 9.72. The molecule has 376 valence electrons. The average molecular weight is 902 g/mol. The zero-order valence-corrected chi connectivity index (χ0v) is 44.6. The maximum absolute atomic E-state index is 13.1. The SMILES string of the molecule is CCCCCCCCC=CCOC(=O)CCCCC(C)(C)CC(C)(C)CCC(CCC(C)(C)CC(C)(C)CCCCC(=O)OCC=CCCCCCCCC)OC(=O)CCCN(C)C. The van der Waals surface area contributed by atoms with Gasteiger partial charge in [0.05, 0.1) is 0 Å². The van der Waals surface area contributed by atoms with Crippen LogP contribution in [0.4, 0.5) is 0 Å². The van der Waals surface area contributed by atoms with E-state index in [1.807, 2.05) is 26.2 Å². The second-order valence-electron chi connectivity index (χ2n) is 22.9. The molecule has 0 unspecified atom stereocenters. The monoisotopic (exact) mass is 902 g/mol. The Bertz CT molecular complexity index is 1150. The molecule has 0 rings (SSSR count). The van der Waals surface area contributed by atoms with E-state index in [1.165, 1.54) is 77.0 Å². The lowest BCUT2D eigenvalue weighted by Gasteiger charge is -2.37. The molecule has 0 saturated carbocycles. The lowest BCUT2D eigenvalue weighted by molar-refractivity contribution is -0.150. The second kappa shape index (κ2) is 36.9.